The molecule has 0 heterocycles. The lowest BCUT2D eigenvalue weighted by Gasteiger charge is -2.18. The lowest BCUT2D eigenvalue weighted by atomic mass is 10.1. The van der Waals surface area contributed by atoms with Crippen LogP contribution >= 0.6 is 0 Å². The molecule has 0 aliphatic heterocycles. The first-order valence-corrected chi connectivity index (χ1v) is 28.6. The fourth-order valence-electron chi connectivity index (χ4n) is 7.81. The van der Waals surface area contributed by atoms with E-state index in [1.807, 2.05) is 0 Å². The molecule has 6 nitrogen and oxygen atoms in total. The zero-order valence-corrected chi connectivity index (χ0v) is 44.6. The third-order valence-electron chi connectivity index (χ3n) is 12.1. The van der Waals surface area contributed by atoms with Crippen LogP contribution in [0.15, 0.2) is 85.1 Å². The molecule has 0 bridgehead atoms. The van der Waals surface area contributed by atoms with Crippen LogP contribution < -0.4 is 0 Å². The van der Waals surface area contributed by atoms with E-state index >= 15 is 0 Å². The van der Waals surface area contributed by atoms with Gasteiger partial charge in [0.2, 0.25) is 0 Å². The number of carbonyl (C=O) groups is 3. The van der Waals surface area contributed by atoms with Crippen LogP contribution in [0.25, 0.3) is 0 Å². The third-order valence-corrected chi connectivity index (χ3v) is 12.1. The zero-order valence-electron chi connectivity index (χ0n) is 44.6. The minimum atomic E-state index is -0.792. The molecule has 0 radical (unpaired) electrons. The SMILES string of the molecule is CC/C=C\C/C=C\C/C=C\CCCCCCCCCC(=O)OC(COC(=O)CCCCCCC/C=C\CCCCCCC)COC(=O)CCCCCCCC/C=C\C/C=C\C/C=C\CCCCC. The fraction of sp³-hybridized carbons (Fsp3) is 0.726. The van der Waals surface area contributed by atoms with E-state index in [0.717, 1.165) is 109 Å². The number of hydrogen-bond acceptors (Lipinski definition) is 6. The Morgan fingerprint density at radius 1 is 0.309 bits per heavy atom. The molecule has 0 aromatic heterocycles. The van der Waals surface area contributed by atoms with Gasteiger partial charge in [0.1, 0.15) is 13.2 Å². The van der Waals surface area contributed by atoms with Crippen molar-refractivity contribution in [2.45, 2.75) is 277 Å². The third kappa shape index (κ3) is 53.5. The van der Waals surface area contributed by atoms with E-state index in [0.29, 0.717) is 19.3 Å². The smallest absolute Gasteiger partial charge is 0.306 e. The van der Waals surface area contributed by atoms with Crippen molar-refractivity contribution in [1.82, 2.24) is 0 Å². The van der Waals surface area contributed by atoms with Crippen molar-refractivity contribution in [1.29, 1.82) is 0 Å². The molecule has 0 saturated heterocycles. The summed E-state index contributed by atoms with van der Waals surface area (Å²) in [7, 11) is 0. The molecule has 0 rings (SSSR count). The highest BCUT2D eigenvalue weighted by Crippen LogP contribution is 2.14. The molecule has 0 N–H and O–H groups in total. The van der Waals surface area contributed by atoms with Crippen molar-refractivity contribution in [2.75, 3.05) is 13.2 Å². The molecule has 1 atom stereocenters. The van der Waals surface area contributed by atoms with Crippen LogP contribution in [0.3, 0.4) is 0 Å². The normalized spacial score (nSPS) is 12.7. The zero-order chi connectivity index (χ0) is 49.3. The highest BCUT2D eigenvalue weighted by atomic mass is 16.6. The second kappa shape index (κ2) is 56.2. The quantitative estimate of drug-likeness (QED) is 0.0262. The van der Waals surface area contributed by atoms with Crippen molar-refractivity contribution in [2.24, 2.45) is 0 Å². The number of ether oxygens (including phenoxy) is 3. The van der Waals surface area contributed by atoms with E-state index in [1.165, 1.54) is 122 Å². The van der Waals surface area contributed by atoms with Crippen molar-refractivity contribution in [3.8, 4) is 0 Å². The number of rotatable bonds is 51. The Kier molecular flexibility index (Phi) is 53.4. The van der Waals surface area contributed by atoms with Gasteiger partial charge in [-0.2, -0.15) is 0 Å². The molecule has 0 spiro atoms. The van der Waals surface area contributed by atoms with Crippen molar-refractivity contribution in [3.63, 3.8) is 0 Å². The Hall–Kier alpha value is -3.41. The van der Waals surface area contributed by atoms with Gasteiger partial charge in [0.15, 0.2) is 6.10 Å². The molecule has 0 aliphatic rings. The standard InChI is InChI=1S/C62H106O6/c1-4-7-10-13-16-19-22-25-28-30-31-33-34-37-40-43-46-49-52-55-61(64)67-58-59(57-66-60(63)54-51-48-45-42-39-36-27-24-21-18-15-12-9-6-3)68-62(65)56-53-50-47-44-41-38-35-32-29-26-23-20-17-14-11-8-5-2/h8,11,16-17,19-20,24-29,31,33,59H,4-7,9-10,12-15,18,21-23,30,32,34-58H2,1-3H3/b11-8-,19-16-,20-17-,27-24-,28-25-,29-26-,33-31-. The maximum absolute atomic E-state index is 12.9. The first-order valence-electron chi connectivity index (χ1n) is 28.6. The molecule has 0 aliphatic carbocycles. The molecule has 0 aromatic carbocycles. The van der Waals surface area contributed by atoms with Gasteiger partial charge < -0.3 is 14.2 Å². The monoisotopic (exact) mass is 947 g/mol. The van der Waals surface area contributed by atoms with Gasteiger partial charge in [0.05, 0.1) is 0 Å². The van der Waals surface area contributed by atoms with Crippen LogP contribution in [0.2, 0.25) is 0 Å². The number of hydrogen-bond donors (Lipinski definition) is 0. The minimum Gasteiger partial charge on any atom is -0.462 e. The fourth-order valence-corrected chi connectivity index (χ4v) is 7.81. The van der Waals surface area contributed by atoms with E-state index in [9.17, 15) is 14.4 Å². The van der Waals surface area contributed by atoms with Crippen molar-refractivity contribution in [3.05, 3.63) is 85.1 Å². The van der Waals surface area contributed by atoms with E-state index < -0.39 is 6.10 Å². The Balaban J connectivity index is 4.43. The highest BCUT2D eigenvalue weighted by Gasteiger charge is 2.19. The van der Waals surface area contributed by atoms with Gasteiger partial charge in [0.25, 0.3) is 0 Å². The van der Waals surface area contributed by atoms with Gasteiger partial charge in [-0.3, -0.25) is 14.4 Å². The van der Waals surface area contributed by atoms with E-state index in [2.05, 4.69) is 106 Å². The summed E-state index contributed by atoms with van der Waals surface area (Å²) in [4.78, 5) is 38.2. The summed E-state index contributed by atoms with van der Waals surface area (Å²) in [5.74, 6) is -0.915. The molecular formula is C62H106O6. The molecule has 0 amide bonds. The molecule has 0 aromatic rings. The van der Waals surface area contributed by atoms with Gasteiger partial charge >= 0.3 is 17.9 Å². The Labute approximate surface area is 420 Å². The van der Waals surface area contributed by atoms with Gasteiger partial charge in [-0.15, -0.1) is 0 Å². The van der Waals surface area contributed by atoms with Crippen molar-refractivity contribution < 1.29 is 28.6 Å². The number of allylic oxidation sites excluding steroid dienone is 14. The second-order valence-corrected chi connectivity index (χ2v) is 18.8. The Bertz CT molecular complexity index is 1320. The Morgan fingerprint density at radius 3 is 0.941 bits per heavy atom. The molecule has 390 valence electrons. The summed E-state index contributed by atoms with van der Waals surface area (Å²) < 4.78 is 16.8. The maximum Gasteiger partial charge on any atom is 0.306 e. The van der Waals surface area contributed by atoms with Crippen LogP contribution in [-0.2, 0) is 28.6 Å². The summed E-state index contributed by atoms with van der Waals surface area (Å²) in [6, 6.07) is 0. The number of esters is 3. The van der Waals surface area contributed by atoms with Crippen LogP contribution in [0.1, 0.15) is 271 Å². The topological polar surface area (TPSA) is 78.9 Å². The van der Waals surface area contributed by atoms with E-state index in [-0.39, 0.29) is 31.1 Å². The van der Waals surface area contributed by atoms with Gasteiger partial charge in [-0.25, -0.2) is 0 Å². The summed E-state index contributed by atoms with van der Waals surface area (Å²) in [6.07, 6.45) is 72.8. The molecule has 0 fully saturated rings. The highest BCUT2D eigenvalue weighted by molar-refractivity contribution is 5.71. The first kappa shape index (κ1) is 64.6. The second-order valence-electron chi connectivity index (χ2n) is 18.8. The molecule has 68 heavy (non-hydrogen) atoms. The summed E-state index contributed by atoms with van der Waals surface area (Å²) in [5.41, 5.74) is 0. The summed E-state index contributed by atoms with van der Waals surface area (Å²) in [6.45, 7) is 6.48. The summed E-state index contributed by atoms with van der Waals surface area (Å²) >= 11 is 0. The number of unbranched alkanes of at least 4 members (excludes halogenated alkanes) is 26. The summed E-state index contributed by atoms with van der Waals surface area (Å²) in [5, 5.41) is 0. The predicted octanol–water partition coefficient (Wildman–Crippen LogP) is 19.2. The molecule has 0 saturated carbocycles. The molecule has 6 heteroatoms. The predicted molar refractivity (Wildman–Crippen MR) is 293 cm³/mol. The largest absolute Gasteiger partial charge is 0.462 e. The van der Waals surface area contributed by atoms with Crippen LogP contribution in [-0.4, -0.2) is 37.2 Å². The average molecular weight is 948 g/mol. The van der Waals surface area contributed by atoms with E-state index in [4.69, 9.17) is 14.2 Å². The molecule has 1 unspecified atom stereocenters. The van der Waals surface area contributed by atoms with Gasteiger partial charge in [-0.05, 0) is 116 Å². The van der Waals surface area contributed by atoms with Crippen LogP contribution in [0.4, 0.5) is 0 Å². The van der Waals surface area contributed by atoms with Gasteiger partial charge in [-0.1, -0.05) is 221 Å². The maximum atomic E-state index is 12.9. The van der Waals surface area contributed by atoms with Crippen LogP contribution in [0, 0.1) is 0 Å². The Morgan fingerprint density at radius 2 is 0.574 bits per heavy atom. The number of carbonyl (C=O) groups excluding carboxylic acids is 3. The minimum absolute atomic E-state index is 0.0892. The lowest BCUT2D eigenvalue weighted by molar-refractivity contribution is -0.167. The van der Waals surface area contributed by atoms with Gasteiger partial charge in [0, 0.05) is 19.3 Å². The first-order chi connectivity index (χ1) is 33.5. The lowest BCUT2D eigenvalue weighted by Crippen LogP contribution is -2.30. The van der Waals surface area contributed by atoms with Crippen LogP contribution in [0.5, 0.6) is 0 Å². The molecular weight excluding hydrogens is 841 g/mol. The van der Waals surface area contributed by atoms with E-state index in [1.54, 1.807) is 0 Å². The average Bonchev–Trinajstić information content (AvgIpc) is 3.34. The van der Waals surface area contributed by atoms with Crippen molar-refractivity contribution >= 4 is 17.9 Å².